The lowest BCUT2D eigenvalue weighted by atomic mass is 10.2. The Kier molecular flexibility index (Phi) is 11.9. The molecule has 1 atom stereocenters. The molecule has 1 aromatic carbocycles. The lowest BCUT2D eigenvalue weighted by molar-refractivity contribution is -0.156. The van der Waals surface area contributed by atoms with Crippen molar-refractivity contribution < 1.29 is 37.0 Å². The molecule has 2 heterocycles. The molecule has 13 nitrogen and oxygen atoms in total. The summed E-state index contributed by atoms with van der Waals surface area (Å²) in [5, 5.41) is 5.22. The second-order valence-electron chi connectivity index (χ2n) is 12.5. The summed E-state index contributed by atoms with van der Waals surface area (Å²) in [7, 11) is -4.13. The first kappa shape index (κ1) is 36.0. The number of ether oxygens (including phenoxy) is 3. The molecule has 3 aromatic rings. The van der Waals surface area contributed by atoms with Gasteiger partial charge < -0.3 is 24.8 Å². The fourth-order valence-electron chi connectivity index (χ4n) is 4.05. The van der Waals surface area contributed by atoms with Crippen molar-refractivity contribution in [1.29, 1.82) is 0 Å². The Morgan fingerprint density at radius 3 is 2.20 bits per heavy atom. The minimum atomic E-state index is -4.13. The number of nitrogens with one attached hydrogen (secondary N) is 3. The number of alkyl carbamates (subject to hydrolysis) is 1. The van der Waals surface area contributed by atoms with Gasteiger partial charge in [-0.2, -0.15) is 4.72 Å². The first-order chi connectivity index (χ1) is 21.4. The number of hydrogen-bond acceptors (Lipinski definition) is 9. The van der Waals surface area contributed by atoms with Crippen molar-refractivity contribution in [1.82, 2.24) is 19.8 Å². The second-order valence-corrected chi connectivity index (χ2v) is 14.2. The molecule has 0 unspecified atom stereocenters. The van der Waals surface area contributed by atoms with Crippen LogP contribution in [0.1, 0.15) is 64.7 Å². The van der Waals surface area contributed by atoms with E-state index in [1.165, 1.54) is 28.8 Å². The average molecular weight is 659 g/mol. The predicted molar refractivity (Wildman–Crippen MR) is 171 cm³/mol. The number of benzene rings is 1. The van der Waals surface area contributed by atoms with E-state index in [-0.39, 0.29) is 10.5 Å². The molecule has 0 saturated carbocycles. The summed E-state index contributed by atoms with van der Waals surface area (Å²) in [5.41, 5.74) is -1.58. The number of aromatic nitrogens is 1. The van der Waals surface area contributed by atoms with Gasteiger partial charge >= 0.3 is 12.1 Å². The summed E-state index contributed by atoms with van der Waals surface area (Å²) >= 11 is 0. The van der Waals surface area contributed by atoms with E-state index in [0.717, 1.165) is 6.07 Å². The van der Waals surface area contributed by atoms with Crippen LogP contribution in [-0.4, -0.2) is 67.7 Å². The Morgan fingerprint density at radius 2 is 1.54 bits per heavy atom. The Balaban J connectivity index is 1.65. The summed E-state index contributed by atoms with van der Waals surface area (Å²) in [4.78, 5) is 50.5. The third-order valence-electron chi connectivity index (χ3n) is 6.06. The van der Waals surface area contributed by atoms with E-state index >= 15 is 0 Å². The molecule has 250 valence electrons. The van der Waals surface area contributed by atoms with Crippen LogP contribution in [0.3, 0.4) is 0 Å². The summed E-state index contributed by atoms with van der Waals surface area (Å²) in [6, 6.07) is 11.9. The third-order valence-corrected chi connectivity index (χ3v) is 7.54. The highest BCUT2D eigenvalue weighted by molar-refractivity contribution is 7.89. The molecule has 2 aromatic heterocycles. The highest BCUT2D eigenvalue weighted by atomic mass is 32.2. The molecule has 0 fully saturated rings. The molecule has 0 radical (unpaired) electrons. The van der Waals surface area contributed by atoms with Gasteiger partial charge in [0.05, 0.1) is 17.0 Å². The van der Waals surface area contributed by atoms with Crippen LogP contribution in [-0.2, 0) is 24.3 Å². The molecular formula is C32H42N4O9S. The predicted octanol–water partition coefficient (Wildman–Crippen LogP) is 3.40. The van der Waals surface area contributed by atoms with Crippen LogP contribution in [0.15, 0.2) is 70.5 Å². The van der Waals surface area contributed by atoms with Crippen LogP contribution in [0.5, 0.6) is 5.75 Å². The van der Waals surface area contributed by atoms with Gasteiger partial charge in [-0.15, -0.1) is 0 Å². The van der Waals surface area contributed by atoms with Crippen molar-refractivity contribution in [2.45, 2.75) is 76.5 Å². The van der Waals surface area contributed by atoms with Gasteiger partial charge in [-0.3, -0.25) is 18.8 Å². The van der Waals surface area contributed by atoms with Crippen molar-refractivity contribution >= 4 is 33.5 Å². The van der Waals surface area contributed by atoms with Crippen LogP contribution in [0.4, 0.5) is 4.79 Å². The van der Waals surface area contributed by atoms with E-state index in [1.807, 2.05) is 0 Å². The van der Waals surface area contributed by atoms with Crippen molar-refractivity contribution in [2.75, 3.05) is 19.7 Å². The number of amides is 2. The number of hydrogen-bond donors (Lipinski definition) is 3. The molecule has 14 heteroatoms. The van der Waals surface area contributed by atoms with Crippen molar-refractivity contribution in [3.63, 3.8) is 0 Å². The number of sulfonamides is 1. The number of esters is 1. The van der Waals surface area contributed by atoms with E-state index < -0.39 is 57.3 Å². The normalized spacial score (nSPS) is 12.7. The van der Waals surface area contributed by atoms with Crippen LogP contribution >= 0.6 is 0 Å². The van der Waals surface area contributed by atoms with Gasteiger partial charge in [0, 0.05) is 37.0 Å². The molecule has 46 heavy (non-hydrogen) atoms. The SMILES string of the molecule is CC(C)(C)OC(=O)NCCCCOc1ccn2c(=O)cc(C(=O)NC[C@H](NS(=O)(=O)c3ccccc3)C(=O)OC(C)(C)C)cc2c1. The maximum atomic E-state index is 13.1. The maximum absolute atomic E-state index is 13.1. The molecule has 0 aliphatic carbocycles. The van der Waals surface area contributed by atoms with Crippen LogP contribution in [0.25, 0.3) is 5.52 Å². The quantitative estimate of drug-likeness (QED) is 0.184. The fraction of sp³-hybridized carbons (Fsp3) is 0.438. The summed E-state index contributed by atoms with van der Waals surface area (Å²) in [5.74, 6) is -1.11. The van der Waals surface area contributed by atoms with E-state index in [2.05, 4.69) is 15.4 Å². The first-order valence-electron chi connectivity index (χ1n) is 14.8. The lowest BCUT2D eigenvalue weighted by Gasteiger charge is -2.24. The minimum absolute atomic E-state index is 0.00391. The molecule has 2 amide bonds. The van der Waals surface area contributed by atoms with Crippen molar-refractivity contribution in [2.24, 2.45) is 0 Å². The van der Waals surface area contributed by atoms with Crippen LogP contribution in [0.2, 0.25) is 0 Å². The zero-order chi connectivity index (χ0) is 34.1. The Hall–Kier alpha value is -4.43. The number of pyridine rings is 2. The van der Waals surface area contributed by atoms with E-state index in [1.54, 1.807) is 71.9 Å². The largest absolute Gasteiger partial charge is 0.493 e. The Labute approximate surface area is 268 Å². The van der Waals surface area contributed by atoms with Crippen LogP contribution in [0, 0.1) is 0 Å². The number of fused-ring (bicyclic) bond motifs is 1. The van der Waals surface area contributed by atoms with Gasteiger partial charge in [-0.05, 0) is 78.6 Å². The molecule has 0 bridgehead atoms. The van der Waals surface area contributed by atoms with Crippen molar-refractivity contribution in [3.05, 3.63) is 76.7 Å². The van der Waals surface area contributed by atoms with E-state index in [0.29, 0.717) is 37.3 Å². The maximum Gasteiger partial charge on any atom is 0.407 e. The molecule has 0 aliphatic heterocycles. The van der Waals surface area contributed by atoms with Gasteiger partial charge in [0.25, 0.3) is 11.5 Å². The first-order valence-corrected chi connectivity index (χ1v) is 16.3. The topological polar surface area (TPSA) is 171 Å². The molecular weight excluding hydrogens is 616 g/mol. The van der Waals surface area contributed by atoms with Crippen molar-refractivity contribution in [3.8, 4) is 5.75 Å². The third kappa shape index (κ3) is 11.5. The summed E-state index contributed by atoms with van der Waals surface area (Å²) in [6.45, 7) is 10.6. The highest BCUT2D eigenvalue weighted by Gasteiger charge is 2.30. The lowest BCUT2D eigenvalue weighted by Crippen LogP contribution is -2.50. The van der Waals surface area contributed by atoms with Gasteiger partial charge in [0.2, 0.25) is 10.0 Å². The summed E-state index contributed by atoms with van der Waals surface area (Å²) in [6.07, 6.45) is 2.34. The number of carbonyl (C=O) groups is 3. The number of rotatable bonds is 13. The van der Waals surface area contributed by atoms with Gasteiger partial charge in [0.1, 0.15) is 23.0 Å². The molecule has 3 rings (SSSR count). The molecule has 0 aliphatic rings. The monoisotopic (exact) mass is 658 g/mol. The zero-order valence-electron chi connectivity index (χ0n) is 26.9. The van der Waals surface area contributed by atoms with Gasteiger partial charge in [-0.1, -0.05) is 18.2 Å². The molecule has 3 N–H and O–H groups in total. The molecule has 0 saturated heterocycles. The summed E-state index contributed by atoms with van der Waals surface area (Å²) < 4.78 is 45.9. The van der Waals surface area contributed by atoms with Gasteiger partial charge in [0.15, 0.2) is 0 Å². The van der Waals surface area contributed by atoms with E-state index in [4.69, 9.17) is 14.2 Å². The Morgan fingerprint density at radius 1 is 0.870 bits per heavy atom. The zero-order valence-corrected chi connectivity index (χ0v) is 27.7. The second kappa shape index (κ2) is 15.2. The minimum Gasteiger partial charge on any atom is -0.493 e. The molecule has 0 spiro atoms. The number of nitrogens with zero attached hydrogens (tertiary/aromatic N) is 1. The highest BCUT2D eigenvalue weighted by Crippen LogP contribution is 2.16. The number of carbonyl (C=O) groups excluding carboxylic acids is 3. The van der Waals surface area contributed by atoms with Crippen LogP contribution < -0.4 is 25.7 Å². The smallest absolute Gasteiger partial charge is 0.407 e. The number of unbranched alkanes of at least 4 members (excludes halogenated alkanes) is 1. The fourth-order valence-corrected chi connectivity index (χ4v) is 5.26. The Bertz CT molecular complexity index is 1690. The van der Waals surface area contributed by atoms with Gasteiger partial charge in [-0.25, -0.2) is 13.2 Å². The standard InChI is InChI=1S/C32H42N4O9S/c1-31(2,3)44-29(39)26(35-46(41,42)25-12-8-7-9-13-25)21-34-28(38)22-18-23-20-24(14-16-36(23)27(37)19-22)43-17-11-10-15-33-30(40)45-32(4,5)6/h7-9,12-14,16,18-20,26,35H,10-11,15,17,21H2,1-6H3,(H,33,40)(H,34,38)/t26-/m0/s1. The average Bonchev–Trinajstić information content (AvgIpc) is 2.95. The van der Waals surface area contributed by atoms with E-state index in [9.17, 15) is 27.6 Å².